The molecule has 0 N–H and O–H groups in total. The van der Waals surface area contributed by atoms with Crippen LogP contribution >= 0.6 is 23.2 Å². The fourth-order valence-electron chi connectivity index (χ4n) is 1.28. The number of carbonyl (C=O) groups excluding carboxylic acids is 1. The van der Waals surface area contributed by atoms with Gasteiger partial charge in [0.05, 0.1) is 22.0 Å². The second-order valence-electron chi connectivity index (χ2n) is 3.02. The van der Waals surface area contributed by atoms with E-state index in [0.29, 0.717) is 20.9 Å². The van der Waals surface area contributed by atoms with E-state index in [1.807, 2.05) is 0 Å². The van der Waals surface area contributed by atoms with Crippen LogP contribution in [0, 0.1) is 0 Å². The summed E-state index contributed by atoms with van der Waals surface area (Å²) in [7, 11) is 0. The Balaban J connectivity index is 2.56. The highest BCUT2D eigenvalue weighted by atomic mass is 35.5. The Morgan fingerprint density at radius 3 is 2.81 bits per heavy atom. The van der Waals surface area contributed by atoms with Gasteiger partial charge in [0, 0.05) is 0 Å². The zero-order chi connectivity index (χ0) is 11.7. The lowest BCUT2D eigenvalue weighted by atomic mass is 10.2. The number of esters is 1. The Bertz CT molecular complexity index is 550. The van der Waals surface area contributed by atoms with Gasteiger partial charge in [-0.05, 0) is 19.1 Å². The van der Waals surface area contributed by atoms with Crippen LogP contribution in [0.15, 0.2) is 16.7 Å². The van der Waals surface area contributed by atoms with Crippen molar-refractivity contribution in [3.63, 3.8) is 0 Å². The topological polar surface area (TPSA) is 52.3 Å². The molecule has 2 aromatic rings. The molecule has 16 heavy (non-hydrogen) atoms. The Morgan fingerprint density at radius 2 is 2.12 bits per heavy atom. The monoisotopic (exact) mass is 259 g/mol. The van der Waals surface area contributed by atoms with Crippen molar-refractivity contribution in [3.05, 3.63) is 27.9 Å². The summed E-state index contributed by atoms with van der Waals surface area (Å²) in [5.41, 5.74) is 0.470. The van der Waals surface area contributed by atoms with Crippen molar-refractivity contribution in [3.8, 4) is 0 Å². The highest BCUT2D eigenvalue weighted by Gasteiger charge is 2.18. The summed E-state index contributed by atoms with van der Waals surface area (Å²) in [5.74, 6) is -0.529. The van der Waals surface area contributed by atoms with Crippen molar-refractivity contribution >= 4 is 40.1 Å². The third kappa shape index (κ3) is 1.86. The van der Waals surface area contributed by atoms with Gasteiger partial charge in [-0.25, -0.2) is 4.79 Å². The predicted molar refractivity (Wildman–Crippen MR) is 60.0 cm³/mol. The number of hydrogen-bond acceptors (Lipinski definition) is 4. The van der Waals surface area contributed by atoms with E-state index in [2.05, 4.69) is 5.16 Å². The Labute approximate surface area is 101 Å². The van der Waals surface area contributed by atoms with Gasteiger partial charge in [-0.1, -0.05) is 28.4 Å². The van der Waals surface area contributed by atoms with Crippen molar-refractivity contribution in [2.24, 2.45) is 0 Å². The van der Waals surface area contributed by atoms with E-state index in [0.717, 1.165) is 0 Å². The molecule has 4 nitrogen and oxygen atoms in total. The van der Waals surface area contributed by atoms with E-state index in [4.69, 9.17) is 32.5 Å². The minimum Gasteiger partial charge on any atom is -0.460 e. The highest BCUT2D eigenvalue weighted by molar-refractivity contribution is 6.42. The predicted octanol–water partition coefficient (Wildman–Crippen LogP) is 3.31. The van der Waals surface area contributed by atoms with Crippen molar-refractivity contribution in [1.29, 1.82) is 0 Å². The molecule has 0 radical (unpaired) electrons. The number of hydrogen-bond donors (Lipinski definition) is 0. The summed E-state index contributed by atoms with van der Waals surface area (Å²) in [6, 6.07) is 3.06. The Hall–Kier alpha value is -1.26. The van der Waals surface area contributed by atoms with Crippen LogP contribution in [0.2, 0.25) is 10.0 Å². The van der Waals surface area contributed by atoms with Crippen molar-refractivity contribution in [1.82, 2.24) is 5.16 Å². The van der Waals surface area contributed by atoms with Gasteiger partial charge in [0.2, 0.25) is 0 Å². The molecule has 0 bridgehead atoms. The van der Waals surface area contributed by atoms with Crippen LogP contribution in [0.1, 0.15) is 17.5 Å². The summed E-state index contributed by atoms with van der Waals surface area (Å²) in [6.07, 6.45) is 0. The van der Waals surface area contributed by atoms with Gasteiger partial charge in [-0.2, -0.15) is 0 Å². The molecule has 0 aliphatic carbocycles. The second kappa shape index (κ2) is 4.31. The summed E-state index contributed by atoms with van der Waals surface area (Å²) in [5, 5.41) is 4.89. The molecule has 0 aliphatic heterocycles. The first kappa shape index (κ1) is 11.2. The largest absolute Gasteiger partial charge is 0.460 e. The molecule has 0 saturated carbocycles. The first-order valence-corrected chi connectivity index (χ1v) is 5.30. The molecule has 1 aromatic heterocycles. The summed E-state index contributed by atoms with van der Waals surface area (Å²) >= 11 is 11.7. The molecule has 0 aliphatic rings. The minimum absolute atomic E-state index is 0.0374. The average Bonchev–Trinajstić information content (AvgIpc) is 2.62. The molecular weight excluding hydrogens is 253 g/mol. The number of aromatic nitrogens is 1. The van der Waals surface area contributed by atoms with Crippen molar-refractivity contribution < 1.29 is 14.1 Å². The normalized spacial score (nSPS) is 10.7. The maximum Gasteiger partial charge on any atom is 0.377 e. The van der Waals surface area contributed by atoms with Crippen LogP contribution in [0.5, 0.6) is 0 Å². The maximum atomic E-state index is 11.5. The highest BCUT2D eigenvalue weighted by Crippen LogP contribution is 2.29. The van der Waals surface area contributed by atoms with Crippen LogP contribution in [-0.4, -0.2) is 17.7 Å². The van der Waals surface area contributed by atoms with E-state index in [1.165, 1.54) is 12.1 Å². The van der Waals surface area contributed by atoms with Gasteiger partial charge in [-0.3, -0.25) is 0 Å². The van der Waals surface area contributed by atoms with Gasteiger partial charge in [0.15, 0.2) is 0 Å². The third-order valence-corrected chi connectivity index (χ3v) is 2.70. The third-order valence-electron chi connectivity index (χ3n) is 1.98. The Kier molecular flexibility index (Phi) is 3.03. The molecular formula is C10H7Cl2NO3. The SMILES string of the molecule is CCOC(=O)c1onc2cc(Cl)c(Cl)cc12. The number of benzene rings is 1. The lowest BCUT2D eigenvalue weighted by molar-refractivity contribution is 0.0483. The molecule has 0 fully saturated rings. The number of nitrogens with zero attached hydrogens (tertiary/aromatic N) is 1. The number of ether oxygens (including phenoxy) is 1. The van der Waals surface area contributed by atoms with Crippen LogP contribution < -0.4 is 0 Å². The number of halogens is 2. The minimum atomic E-state index is -0.566. The molecule has 0 saturated heterocycles. The molecule has 1 aromatic carbocycles. The van der Waals surface area contributed by atoms with E-state index in [-0.39, 0.29) is 12.4 Å². The maximum absolute atomic E-state index is 11.5. The van der Waals surface area contributed by atoms with E-state index < -0.39 is 5.97 Å². The fourth-order valence-corrected chi connectivity index (χ4v) is 1.60. The van der Waals surface area contributed by atoms with Gasteiger partial charge in [0.1, 0.15) is 5.52 Å². The van der Waals surface area contributed by atoms with Gasteiger partial charge >= 0.3 is 5.97 Å². The molecule has 1 heterocycles. The quantitative estimate of drug-likeness (QED) is 0.777. The fraction of sp³-hybridized carbons (Fsp3) is 0.200. The first-order valence-electron chi connectivity index (χ1n) is 4.55. The smallest absolute Gasteiger partial charge is 0.377 e. The van der Waals surface area contributed by atoms with E-state index in [1.54, 1.807) is 6.92 Å². The first-order chi connectivity index (χ1) is 7.63. The molecule has 6 heteroatoms. The zero-order valence-corrected chi connectivity index (χ0v) is 9.80. The van der Waals surface area contributed by atoms with E-state index >= 15 is 0 Å². The van der Waals surface area contributed by atoms with Crippen LogP contribution in [0.3, 0.4) is 0 Å². The van der Waals surface area contributed by atoms with Crippen LogP contribution in [-0.2, 0) is 4.74 Å². The molecule has 84 valence electrons. The summed E-state index contributed by atoms with van der Waals surface area (Å²) in [6.45, 7) is 1.97. The number of rotatable bonds is 2. The van der Waals surface area contributed by atoms with Gasteiger partial charge in [0.25, 0.3) is 5.76 Å². The van der Waals surface area contributed by atoms with Gasteiger partial charge < -0.3 is 9.26 Å². The van der Waals surface area contributed by atoms with Crippen molar-refractivity contribution in [2.45, 2.75) is 6.92 Å². The lowest BCUT2D eigenvalue weighted by Crippen LogP contribution is -2.03. The average molecular weight is 260 g/mol. The van der Waals surface area contributed by atoms with Gasteiger partial charge in [-0.15, -0.1) is 0 Å². The molecule has 2 rings (SSSR count). The summed E-state index contributed by atoms with van der Waals surface area (Å²) in [4.78, 5) is 11.5. The lowest BCUT2D eigenvalue weighted by Gasteiger charge is -1.98. The van der Waals surface area contributed by atoms with Crippen LogP contribution in [0.25, 0.3) is 10.9 Å². The zero-order valence-electron chi connectivity index (χ0n) is 8.29. The van der Waals surface area contributed by atoms with Crippen LogP contribution in [0.4, 0.5) is 0 Å². The number of carbonyl (C=O) groups is 1. The standard InChI is InChI=1S/C10H7Cl2NO3/c1-2-15-10(14)9-5-3-6(11)7(12)4-8(5)13-16-9/h3-4H,2H2,1H3. The molecule has 0 atom stereocenters. The second-order valence-corrected chi connectivity index (χ2v) is 3.83. The number of fused-ring (bicyclic) bond motifs is 1. The molecule has 0 amide bonds. The summed E-state index contributed by atoms with van der Waals surface area (Å²) < 4.78 is 9.71. The molecule has 0 unspecified atom stereocenters. The van der Waals surface area contributed by atoms with Crippen molar-refractivity contribution in [2.75, 3.05) is 6.61 Å². The molecule has 0 spiro atoms. The van der Waals surface area contributed by atoms with E-state index in [9.17, 15) is 4.79 Å². The Morgan fingerprint density at radius 1 is 1.44 bits per heavy atom.